The molecule has 86 valence electrons. The Kier molecular flexibility index (Phi) is 5.01. The third-order valence-corrected chi connectivity index (χ3v) is 2.33. The second kappa shape index (κ2) is 6.32. The van der Waals surface area contributed by atoms with Gasteiger partial charge in [0.05, 0.1) is 13.2 Å². The first-order valence-electron chi connectivity index (χ1n) is 5.52. The summed E-state index contributed by atoms with van der Waals surface area (Å²) in [5.41, 5.74) is 0. The highest BCUT2D eigenvalue weighted by molar-refractivity contribution is 5.65. The van der Waals surface area contributed by atoms with Crippen LogP contribution in [0, 0.1) is 0 Å². The molecule has 0 aromatic carbocycles. The number of unbranched alkanes of at least 4 members (excludes halogenated alkanes) is 1. The first kappa shape index (κ1) is 11.9. The lowest BCUT2D eigenvalue weighted by molar-refractivity contribution is -0.141. The van der Waals surface area contributed by atoms with Gasteiger partial charge in [0.25, 0.3) is 0 Å². The quantitative estimate of drug-likeness (QED) is 0.623. The molecule has 4 heteroatoms. The van der Waals surface area contributed by atoms with Gasteiger partial charge in [-0.3, -0.25) is 4.79 Å². The van der Waals surface area contributed by atoms with Crippen LogP contribution in [0.4, 0.5) is 0 Å². The Bertz CT molecular complexity index is 229. The molecule has 0 unspecified atom stereocenters. The standard InChI is InChI=1S/C11H20N2O2/c1-3-4-5-12-6-7-13(10-12)8-9-15-11(2)14/h6-7H,3-5,8-10H2,1-2H3. The number of carbonyl (C=O) groups excluding carboxylic acids is 1. The molecule has 0 aliphatic carbocycles. The maximum atomic E-state index is 10.6. The molecule has 0 atom stereocenters. The zero-order valence-corrected chi connectivity index (χ0v) is 9.61. The van der Waals surface area contributed by atoms with Gasteiger partial charge in [-0.1, -0.05) is 13.3 Å². The Hall–Kier alpha value is -1.19. The van der Waals surface area contributed by atoms with Crippen LogP contribution in [-0.2, 0) is 9.53 Å². The first-order valence-corrected chi connectivity index (χ1v) is 5.52. The van der Waals surface area contributed by atoms with Gasteiger partial charge in [0.1, 0.15) is 6.61 Å². The highest BCUT2D eigenvalue weighted by Gasteiger charge is 2.11. The van der Waals surface area contributed by atoms with Gasteiger partial charge in [-0.05, 0) is 6.42 Å². The SMILES string of the molecule is CCCCN1C=CN(CCOC(C)=O)C1. The van der Waals surface area contributed by atoms with Gasteiger partial charge in [-0.2, -0.15) is 0 Å². The molecule has 0 aromatic heterocycles. The van der Waals surface area contributed by atoms with E-state index in [2.05, 4.69) is 29.1 Å². The molecule has 0 amide bonds. The zero-order chi connectivity index (χ0) is 11.1. The lowest BCUT2D eigenvalue weighted by Crippen LogP contribution is -2.28. The molecule has 0 bridgehead atoms. The van der Waals surface area contributed by atoms with Crippen molar-refractivity contribution in [1.29, 1.82) is 0 Å². The minimum Gasteiger partial charge on any atom is -0.464 e. The van der Waals surface area contributed by atoms with Crippen molar-refractivity contribution >= 4 is 5.97 Å². The molecule has 15 heavy (non-hydrogen) atoms. The van der Waals surface area contributed by atoms with Crippen LogP contribution in [0.1, 0.15) is 26.7 Å². The molecule has 0 aromatic rings. The average Bonchev–Trinajstić information content (AvgIpc) is 2.62. The smallest absolute Gasteiger partial charge is 0.302 e. The number of ether oxygens (including phenoxy) is 1. The molecule has 4 nitrogen and oxygen atoms in total. The van der Waals surface area contributed by atoms with Crippen LogP contribution in [0.25, 0.3) is 0 Å². The van der Waals surface area contributed by atoms with E-state index in [0.717, 1.165) is 19.8 Å². The lowest BCUT2D eigenvalue weighted by atomic mass is 10.3. The predicted octanol–water partition coefficient (Wildman–Crippen LogP) is 1.40. The second-order valence-corrected chi connectivity index (χ2v) is 3.76. The highest BCUT2D eigenvalue weighted by atomic mass is 16.5. The van der Waals surface area contributed by atoms with E-state index in [1.807, 2.05) is 0 Å². The monoisotopic (exact) mass is 212 g/mol. The molecule has 0 N–H and O–H groups in total. The number of hydrogen-bond donors (Lipinski definition) is 0. The molecular weight excluding hydrogens is 192 g/mol. The van der Waals surface area contributed by atoms with Crippen molar-refractivity contribution in [3.63, 3.8) is 0 Å². The summed E-state index contributed by atoms with van der Waals surface area (Å²) in [5, 5.41) is 0. The van der Waals surface area contributed by atoms with E-state index in [4.69, 9.17) is 4.74 Å². The van der Waals surface area contributed by atoms with Crippen molar-refractivity contribution in [3.05, 3.63) is 12.4 Å². The van der Waals surface area contributed by atoms with Crippen molar-refractivity contribution < 1.29 is 9.53 Å². The molecule has 1 aliphatic heterocycles. The fourth-order valence-corrected chi connectivity index (χ4v) is 1.47. The van der Waals surface area contributed by atoms with E-state index in [1.165, 1.54) is 19.8 Å². The van der Waals surface area contributed by atoms with Crippen LogP contribution in [-0.4, -0.2) is 42.1 Å². The second-order valence-electron chi connectivity index (χ2n) is 3.76. The Morgan fingerprint density at radius 3 is 2.60 bits per heavy atom. The Balaban J connectivity index is 2.09. The first-order chi connectivity index (χ1) is 7.22. The van der Waals surface area contributed by atoms with E-state index >= 15 is 0 Å². The van der Waals surface area contributed by atoms with Gasteiger partial charge in [0, 0.05) is 25.9 Å². The van der Waals surface area contributed by atoms with E-state index in [9.17, 15) is 4.79 Å². The number of rotatable bonds is 6. The van der Waals surface area contributed by atoms with Crippen LogP contribution >= 0.6 is 0 Å². The normalized spacial score (nSPS) is 14.8. The van der Waals surface area contributed by atoms with Crippen molar-refractivity contribution in [2.75, 3.05) is 26.4 Å². The molecule has 0 saturated carbocycles. The van der Waals surface area contributed by atoms with Crippen molar-refractivity contribution in [3.8, 4) is 0 Å². The zero-order valence-electron chi connectivity index (χ0n) is 9.61. The third kappa shape index (κ3) is 4.72. The summed E-state index contributed by atoms with van der Waals surface area (Å²) in [4.78, 5) is 15.0. The number of esters is 1. The van der Waals surface area contributed by atoms with Gasteiger partial charge in [0.2, 0.25) is 0 Å². The molecular formula is C11H20N2O2. The fourth-order valence-electron chi connectivity index (χ4n) is 1.47. The van der Waals surface area contributed by atoms with Crippen LogP contribution in [0.5, 0.6) is 0 Å². The van der Waals surface area contributed by atoms with Gasteiger partial charge in [-0.15, -0.1) is 0 Å². The minimum absolute atomic E-state index is 0.207. The summed E-state index contributed by atoms with van der Waals surface area (Å²) >= 11 is 0. The predicted molar refractivity (Wildman–Crippen MR) is 59.0 cm³/mol. The topological polar surface area (TPSA) is 32.8 Å². The Morgan fingerprint density at radius 1 is 1.33 bits per heavy atom. The maximum absolute atomic E-state index is 10.6. The minimum atomic E-state index is -0.207. The molecule has 1 aliphatic rings. The molecule has 0 radical (unpaired) electrons. The van der Waals surface area contributed by atoms with Crippen LogP contribution < -0.4 is 0 Å². The van der Waals surface area contributed by atoms with E-state index < -0.39 is 0 Å². The van der Waals surface area contributed by atoms with Gasteiger partial charge in [-0.25, -0.2) is 0 Å². The van der Waals surface area contributed by atoms with Crippen LogP contribution in [0.3, 0.4) is 0 Å². The summed E-state index contributed by atoms with van der Waals surface area (Å²) in [7, 11) is 0. The number of hydrogen-bond acceptors (Lipinski definition) is 4. The molecule has 1 heterocycles. The van der Waals surface area contributed by atoms with Gasteiger partial charge < -0.3 is 14.5 Å². The van der Waals surface area contributed by atoms with Crippen molar-refractivity contribution in [1.82, 2.24) is 9.80 Å². The van der Waals surface area contributed by atoms with E-state index in [0.29, 0.717) is 6.61 Å². The number of carbonyl (C=O) groups is 1. The molecule has 0 fully saturated rings. The summed E-state index contributed by atoms with van der Waals surface area (Å²) in [6.07, 6.45) is 6.60. The third-order valence-electron chi connectivity index (χ3n) is 2.33. The summed E-state index contributed by atoms with van der Waals surface area (Å²) in [6, 6.07) is 0. The van der Waals surface area contributed by atoms with Gasteiger partial charge in [0.15, 0.2) is 0 Å². The lowest BCUT2D eigenvalue weighted by Gasteiger charge is -2.20. The van der Waals surface area contributed by atoms with Crippen molar-refractivity contribution in [2.45, 2.75) is 26.7 Å². The molecule has 0 spiro atoms. The highest BCUT2D eigenvalue weighted by Crippen LogP contribution is 2.07. The summed E-state index contributed by atoms with van der Waals surface area (Å²) < 4.78 is 4.89. The van der Waals surface area contributed by atoms with Crippen molar-refractivity contribution in [2.24, 2.45) is 0 Å². The average molecular weight is 212 g/mol. The molecule has 0 saturated heterocycles. The fraction of sp³-hybridized carbons (Fsp3) is 0.727. The van der Waals surface area contributed by atoms with E-state index in [-0.39, 0.29) is 5.97 Å². The van der Waals surface area contributed by atoms with Gasteiger partial charge >= 0.3 is 5.97 Å². The molecule has 1 rings (SSSR count). The largest absolute Gasteiger partial charge is 0.464 e. The van der Waals surface area contributed by atoms with Crippen LogP contribution in [0.2, 0.25) is 0 Å². The number of nitrogens with zero attached hydrogens (tertiary/aromatic N) is 2. The Labute approximate surface area is 91.5 Å². The maximum Gasteiger partial charge on any atom is 0.302 e. The van der Waals surface area contributed by atoms with Crippen LogP contribution in [0.15, 0.2) is 12.4 Å². The summed E-state index contributed by atoms with van der Waals surface area (Å²) in [5.74, 6) is -0.207. The van der Waals surface area contributed by atoms with E-state index in [1.54, 1.807) is 0 Å². The Morgan fingerprint density at radius 2 is 2.00 bits per heavy atom. The summed E-state index contributed by atoms with van der Waals surface area (Å²) in [6.45, 7) is 6.91.